The third kappa shape index (κ3) is 6.22. The fourth-order valence-electron chi connectivity index (χ4n) is 3.00. The van der Waals surface area contributed by atoms with Crippen LogP contribution in [0.25, 0.3) is 0 Å². The van der Waals surface area contributed by atoms with Gasteiger partial charge in [-0.25, -0.2) is 0 Å². The Hall–Kier alpha value is -2.04. The molecular formula is C19H29N3O2. The summed E-state index contributed by atoms with van der Waals surface area (Å²) in [6, 6.07) is 6.43. The minimum Gasteiger partial charge on any atom is -0.466 e. The number of nitrogens with two attached hydrogens (primary N) is 1. The van der Waals surface area contributed by atoms with E-state index in [1.165, 1.54) is 24.0 Å². The maximum atomic E-state index is 11.2. The van der Waals surface area contributed by atoms with Crippen molar-refractivity contribution in [1.82, 2.24) is 0 Å². The first-order valence-electron chi connectivity index (χ1n) is 9.03. The summed E-state index contributed by atoms with van der Waals surface area (Å²) in [7, 11) is 0. The number of nitrogens with one attached hydrogen (secondary N) is 1. The smallest absolute Gasteiger partial charge is 0.305 e. The van der Waals surface area contributed by atoms with Crippen LogP contribution in [0.4, 0.5) is 5.69 Å². The van der Waals surface area contributed by atoms with Crippen molar-refractivity contribution in [3.05, 3.63) is 29.3 Å². The Balaban J connectivity index is 1.59. The van der Waals surface area contributed by atoms with Gasteiger partial charge in [0.2, 0.25) is 0 Å². The zero-order valence-corrected chi connectivity index (χ0v) is 14.6. The highest BCUT2D eigenvalue weighted by Crippen LogP contribution is 2.24. The lowest BCUT2D eigenvalue weighted by atomic mass is 10.1. The number of aliphatic imine (C=N–C) groups is 1. The molecule has 5 nitrogen and oxygen atoms in total. The van der Waals surface area contributed by atoms with Gasteiger partial charge in [-0.05, 0) is 62.3 Å². The number of hydrogen-bond donors (Lipinski definition) is 2. The largest absolute Gasteiger partial charge is 0.466 e. The first kappa shape index (κ1) is 18.3. The molecule has 0 unspecified atom stereocenters. The zero-order chi connectivity index (χ0) is 17.2. The molecule has 24 heavy (non-hydrogen) atoms. The third-order valence-electron chi connectivity index (χ3n) is 4.25. The van der Waals surface area contributed by atoms with E-state index in [2.05, 4.69) is 28.5 Å². The van der Waals surface area contributed by atoms with Crippen LogP contribution in [0.3, 0.4) is 0 Å². The van der Waals surface area contributed by atoms with Gasteiger partial charge in [-0.1, -0.05) is 18.9 Å². The van der Waals surface area contributed by atoms with Crippen LogP contribution in [-0.2, 0) is 22.4 Å². The average Bonchev–Trinajstić information content (AvgIpc) is 3.02. The van der Waals surface area contributed by atoms with Gasteiger partial charge in [0.05, 0.1) is 6.61 Å². The van der Waals surface area contributed by atoms with Crippen molar-refractivity contribution in [1.29, 1.82) is 0 Å². The van der Waals surface area contributed by atoms with Crippen LogP contribution in [0, 0.1) is 0 Å². The minimum absolute atomic E-state index is 0.0988. The van der Waals surface area contributed by atoms with Crippen molar-refractivity contribution >= 4 is 17.6 Å². The molecule has 1 aliphatic rings. The Morgan fingerprint density at radius 2 is 2.00 bits per heavy atom. The lowest BCUT2D eigenvalue weighted by Crippen LogP contribution is -2.22. The molecule has 0 bridgehead atoms. The summed E-state index contributed by atoms with van der Waals surface area (Å²) < 4.78 is 4.90. The molecule has 0 atom stereocenters. The van der Waals surface area contributed by atoms with E-state index in [0.717, 1.165) is 37.8 Å². The predicted octanol–water partition coefficient (Wildman–Crippen LogP) is 3.42. The van der Waals surface area contributed by atoms with Crippen LogP contribution in [-0.4, -0.2) is 25.1 Å². The van der Waals surface area contributed by atoms with Gasteiger partial charge in [0.15, 0.2) is 5.96 Å². The Morgan fingerprint density at radius 3 is 2.83 bits per heavy atom. The number of nitrogens with zero attached hydrogens (tertiary/aromatic N) is 1. The highest BCUT2D eigenvalue weighted by Gasteiger charge is 2.10. The fourth-order valence-corrected chi connectivity index (χ4v) is 3.00. The molecule has 0 aromatic heterocycles. The summed E-state index contributed by atoms with van der Waals surface area (Å²) in [6.45, 7) is 3.00. The molecule has 0 heterocycles. The predicted molar refractivity (Wildman–Crippen MR) is 98.3 cm³/mol. The summed E-state index contributed by atoms with van der Waals surface area (Å²) in [5, 5.41) is 3.17. The highest BCUT2D eigenvalue weighted by molar-refractivity contribution is 5.92. The molecule has 1 aromatic carbocycles. The van der Waals surface area contributed by atoms with E-state index in [1.807, 2.05) is 6.92 Å². The zero-order valence-electron chi connectivity index (χ0n) is 14.6. The van der Waals surface area contributed by atoms with Crippen LogP contribution in [0.1, 0.15) is 56.6 Å². The second-order valence-corrected chi connectivity index (χ2v) is 6.20. The van der Waals surface area contributed by atoms with Crippen molar-refractivity contribution in [3.8, 4) is 0 Å². The number of anilines is 1. The lowest BCUT2D eigenvalue weighted by molar-refractivity contribution is -0.143. The van der Waals surface area contributed by atoms with Gasteiger partial charge >= 0.3 is 5.97 Å². The fraction of sp³-hybridized carbons (Fsp3) is 0.579. The maximum Gasteiger partial charge on any atom is 0.305 e. The Kier molecular flexibility index (Phi) is 7.59. The van der Waals surface area contributed by atoms with Gasteiger partial charge in [-0.15, -0.1) is 0 Å². The topological polar surface area (TPSA) is 76.7 Å². The molecular weight excluding hydrogens is 302 g/mol. The molecule has 1 aliphatic carbocycles. The van der Waals surface area contributed by atoms with E-state index in [9.17, 15) is 4.79 Å². The van der Waals surface area contributed by atoms with Crippen LogP contribution < -0.4 is 11.1 Å². The van der Waals surface area contributed by atoms with Crippen molar-refractivity contribution < 1.29 is 9.53 Å². The first-order chi connectivity index (χ1) is 11.7. The number of aryl methyl sites for hydroxylation is 2. The summed E-state index contributed by atoms with van der Waals surface area (Å²) in [4.78, 5) is 15.6. The van der Waals surface area contributed by atoms with E-state index < -0.39 is 0 Å². The van der Waals surface area contributed by atoms with Crippen LogP contribution >= 0.6 is 0 Å². The van der Waals surface area contributed by atoms with Gasteiger partial charge < -0.3 is 15.8 Å². The van der Waals surface area contributed by atoms with Gasteiger partial charge in [-0.2, -0.15) is 0 Å². The Bertz CT molecular complexity index is 570. The van der Waals surface area contributed by atoms with Gasteiger partial charge in [0.25, 0.3) is 0 Å². The van der Waals surface area contributed by atoms with Crippen LogP contribution in [0.5, 0.6) is 0 Å². The van der Waals surface area contributed by atoms with Crippen molar-refractivity contribution in [2.24, 2.45) is 10.7 Å². The lowest BCUT2D eigenvalue weighted by Gasteiger charge is -2.08. The number of ether oxygens (including phenoxy) is 1. The van der Waals surface area contributed by atoms with E-state index in [4.69, 9.17) is 10.5 Å². The minimum atomic E-state index is -0.0988. The molecule has 2 rings (SSSR count). The van der Waals surface area contributed by atoms with Crippen LogP contribution in [0.2, 0.25) is 0 Å². The number of unbranched alkanes of at least 4 members (excludes halogenated alkanes) is 3. The summed E-state index contributed by atoms with van der Waals surface area (Å²) in [5.41, 5.74) is 9.85. The molecule has 132 valence electrons. The summed E-state index contributed by atoms with van der Waals surface area (Å²) in [6.07, 6.45) is 8.04. The first-order valence-corrected chi connectivity index (χ1v) is 9.03. The van der Waals surface area contributed by atoms with Crippen LogP contribution in [0.15, 0.2) is 23.2 Å². The standard InChI is InChI=1S/C19H29N3O2/c1-2-24-18(23)10-5-3-4-6-13-21-19(20)22-17-12-11-15-8-7-9-16(15)14-17/h11-12,14H,2-10,13H2,1H3,(H3,20,21,22). The number of esters is 1. The molecule has 0 saturated carbocycles. The molecule has 0 radical (unpaired) electrons. The van der Waals surface area contributed by atoms with E-state index in [0.29, 0.717) is 25.5 Å². The second kappa shape index (κ2) is 9.96. The monoisotopic (exact) mass is 331 g/mol. The average molecular weight is 331 g/mol. The van der Waals surface area contributed by atoms with Gasteiger partial charge in [-0.3, -0.25) is 9.79 Å². The quantitative estimate of drug-likeness (QED) is 0.315. The molecule has 0 amide bonds. The molecule has 0 fully saturated rings. The van der Waals surface area contributed by atoms with Crippen molar-refractivity contribution in [2.75, 3.05) is 18.5 Å². The molecule has 0 spiro atoms. The Labute approximate surface area is 144 Å². The maximum absolute atomic E-state index is 11.2. The molecule has 5 heteroatoms. The van der Waals surface area contributed by atoms with Crippen molar-refractivity contribution in [3.63, 3.8) is 0 Å². The number of guanidine groups is 1. The summed E-state index contributed by atoms with van der Waals surface area (Å²) in [5.74, 6) is 0.373. The Morgan fingerprint density at radius 1 is 1.21 bits per heavy atom. The SMILES string of the molecule is CCOC(=O)CCCCCCN=C(N)Nc1ccc2c(c1)CCC2. The molecule has 0 aliphatic heterocycles. The number of benzene rings is 1. The highest BCUT2D eigenvalue weighted by atomic mass is 16.5. The van der Waals surface area contributed by atoms with Crippen molar-refractivity contribution in [2.45, 2.75) is 58.3 Å². The third-order valence-corrected chi connectivity index (χ3v) is 4.25. The normalized spacial score (nSPS) is 13.6. The van der Waals surface area contributed by atoms with E-state index >= 15 is 0 Å². The number of carbonyl (C=O) groups excluding carboxylic acids is 1. The summed E-state index contributed by atoms with van der Waals surface area (Å²) >= 11 is 0. The molecule has 0 saturated heterocycles. The number of fused-ring (bicyclic) bond motifs is 1. The molecule has 3 N–H and O–H groups in total. The molecule has 1 aromatic rings. The van der Waals surface area contributed by atoms with E-state index in [1.54, 1.807) is 0 Å². The second-order valence-electron chi connectivity index (χ2n) is 6.20. The van der Waals surface area contributed by atoms with Gasteiger partial charge in [0.1, 0.15) is 0 Å². The number of rotatable bonds is 9. The van der Waals surface area contributed by atoms with Gasteiger partial charge in [0, 0.05) is 18.7 Å². The number of carbonyl (C=O) groups is 1. The van der Waals surface area contributed by atoms with E-state index in [-0.39, 0.29) is 5.97 Å². The number of hydrogen-bond acceptors (Lipinski definition) is 3.